The van der Waals surface area contributed by atoms with Gasteiger partial charge in [0.2, 0.25) is 5.91 Å². The van der Waals surface area contributed by atoms with Gasteiger partial charge in [0.05, 0.1) is 17.2 Å². The zero-order valence-electron chi connectivity index (χ0n) is 17.0. The van der Waals surface area contributed by atoms with E-state index in [2.05, 4.69) is 0 Å². The van der Waals surface area contributed by atoms with Crippen molar-refractivity contribution in [1.82, 2.24) is 4.90 Å². The van der Waals surface area contributed by atoms with Crippen LogP contribution in [0.25, 0.3) is 0 Å². The van der Waals surface area contributed by atoms with E-state index in [9.17, 15) is 22.8 Å². The maximum atomic E-state index is 13.3. The number of amides is 2. The molecule has 1 aliphatic rings. The number of anilines is 1. The van der Waals surface area contributed by atoms with Crippen molar-refractivity contribution in [2.45, 2.75) is 26.1 Å². The number of nitrogens with zero attached hydrogens (tertiary/aromatic N) is 3. The van der Waals surface area contributed by atoms with Crippen LogP contribution in [0.15, 0.2) is 36.4 Å². The third-order valence-electron chi connectivity index (χ3n) is 5.52. The molecule has 0 saturated carbocycles. The highest BCUT2D eigenvalue weighted by molar-refractivity contribution is 5.98. The minimum Gasteiger partial charge on any atom is -0.368 e. The van der Waals surface area contributed by atoms with Gasteiger partial charge in [0.15, 0.2) is 0 Å². The van der Waals surface area contributed by atoms with E-state index in [4.69, 9.17) is 11.0 Å². The van der Waals surface area contributed by atoms with E-state index in [0.717, 1.165) is 23.3 Å². The van der Waals surface area contributed by atoms with E-state index in [-0.39, 0.29) is 31.2 Å². The van der Waals surface area contributed by atoms with Gasteiger partial charge in [-0.15, -0.1) is 0 Å². The van der Waals surface area contributed by atoms with Crippen molar-refractivity contribution in [3.8, 4) is 6.07 Å². The van der Waals surface area contributed by atoms with E-state index in [1.165, 1.54) is 11.0 Å². The van der Waals surface area contributed by atoms with Gasteiger partial charge in [-0.05, 0) is 55.3 Å². The molecule has 0 aromatic heterocycles. The summed E-state index contributed by atoms with van der Waals surface area (Å²) >= 11 is 0. The molecule has 0 bridgehead atoms. The molecule has 3 rings (SSSR count). The van der Waals surface area contributed by atoms with Crippen LogP contribution in [0.1, 0.15) is 32.6 Å². The molecule has 2 N–H and O–H groups in total. The number of aryl methyl sites for hydroxylation is 2. The smallest absolute Gasteiger partial charge is 0.368 e. The molecular formula is C22H21F3N4O2. The van der Waals surface area contributed by atoms with Gasteiger partial charge in [0, 0.05) is 30.9 Å². The van der Waals surface area contributed by atoms with Crippen LogP contribution >= 0.6 is 0 Å². The molecule has 6 nitrogen and oxygen atoms in total. The fourth-order valence-electron chi connectivity index (χ4n) is 3.61. The van der Waals surface area contributed by atoms with Gasteiger partial charge in [-0.1, -0.05) is 6.07 Å². The molecule has 1 atom stereocenters. The Morgan fingerprint density at radius 1 is 1.10 bits per heavy atom. The first kappa shape index (κ1) is 22.2. The predicted molar refractivity (Wildman–Crippen MR) is 108 cm³/mol. The van der Waals surface area contributed by atoms with Crippen molar-refractivity contribution in [2.24, 2.45) is 5.73 Å². The summed E-state index contributed by atoms with van der Waals surface area (Å²) in [5, 5.41) is 8.97. The van der Waals surface area contributed by atoms with Crippen LogP contribution < -0.4 is 10.6 Å². The number of carbonyl (C=O) groups is 2. The Bertz CT molecular complexity index is 1080. The highest BCUT2D eigenvalue weighted by atomic mass is 19.4. The SMILES string of the molecule is Cc1ccc(C(=O)N2CCN(c3ccc(C#N)c(C(F)(F)F)c3)CC2C(N)=O)cc1C. The van der Waals surface area contributed by atoms with Crippen LogP contribution in [0.5, 0.6) is 0 Å². The predicted octanol–water partition coefficient (Wildman–Crippen LogP) is 3.01. The molecule has 1 unspecified atom stereocenters. The van der Waals surface area contributed by atoms with E-state index in [1.54, 1.807) is 23.1 Å². The van der Waals surface area contributed by atoms with Crippen molar-refractivity contribution >= 4 is 17.5 Å². The number of primary amides is 1. The lowest BCUT2D eigenvalue weighted by atomic mass is 10.0. The molecule has 1 saturated heterocycles. The third kappa shape index (κ3) is 4.48. The zero-order valence-corrected chi connectivity index (χ0v) is 17.0. The number of piperazine rings is 1. The summed E-state index contributed by atoms with van der Waals surface area (Å²) in [6.07, 6.45) is -4.69. The summed E-state index contributed by atoms with van der Waals surface area (Å²) in [6.45, 7) is 4.07. The minimum absolute atomic E-state index is 0.0465. The Labute approximate surface area is 177 Å². The second kappa shape index (κ2) is 8.30. The molecular weight excluding hydrogens is 409 g/mol. The first-order valence-electron chi connectivity index (χ1n) is 9.56. The Balaban J connectivity index is 1.88. The molecule has 1 fully saturated rings. The molecule has 9 heteroatoms. The van der Waals surface area contributed by atoms with Crippen molar-refractivity contribution in [3.05, 3.63) is 64.2 Å². The Kier molecular flexibility index (Phi) is 5.93. The Morgan fingerprint density at radius 2 is 1.81 bits per heavy atom. The monoisotopic (exact) mass is 430 g/mol. The lowest BCUT2D eigenvalue weighted by Gasteiger charge is -2.41. The topological polar surface area (TPSA) is 90.4 Å². The fraction of sp³-hybridized carbons (Fsp3) is 0.318. The molecule has 0 aliphatic carbocycles. The van der Waals surface area contributed by atoms with Crippen LogP contribution in [0.3, 0.4) is 0 Å². The largest absolute Gasteiger partial charge is 0.417 e. The number of rotatable bonds is 3. The number of halogens is 3. The van der Waals surface area contributed by atoms with E-state index in [0.29, 0.717) is 5.56 Å². The zero-order chi connectivity index (χ0) is 22.9. The first-order chi connectivity index (χ1) is 14.5. The van der Waals surface area contributed by atoms with Crippen molar-refractivity contribution in [2.75, 3.05) is 24.5 Å². The second-order valence-electron chi connectivity index (χ2n) is 7.50. The van der Waals surface area contributed by atoms with Crippen LogP contribution in [-0.4, -0.2) is 42.4 Å². The van der Waals surface area contributed by atoms with Crippen molar-refractivity contribution in [3.63, 3.8) is 0 Å². The molecule has 0 spiro atoms. The number of hydrogen-bond donors (Lipinski definition) is 1. The fourth-order valence-corrected chi connectivity index (χ4v) is 3.61. The summed E-state index contributed by atoms with van der Waals surface area (Å²) in [7, 11) is 0. The highest BCUT2D eigenvalue weighted by Gasteiger charge is 2.37. The lowest BCUT2D eigenvalue weighted by Crippen LogP contribution is -2.60. The molecule has 31 heavy (non-hydrogen) atoms. The standard InChI is InChI=1S/C22H21F3N4O2/c1-13-3-4-15(9-14(13)2)21(31)29-8-7-28(12-19(29)20(27)30)17-6-5-16(11-26)18(10-17)22(23,24)25/h3-6,9-10,19H,7-8,12H2,1-2H3,(H2,27,30). The normalized spacial score (nSPS) is 16.7. The summed E-state index contributed by atoms with van der Waals surface area (Å²) in [4.78, 5) is 28.0. The molecule has 2 aromatic rings. The lowest BCUT2D eigenvalue weighted by molar-refractivity contribution is -0.137. The number of nitrogens with two attached hydrogens (primary N) is 1. The molecule has 2 aromatic carbocycles. The van der Waals surface area contributed by atoms with Crippen LogP contribution in [-0.2, 0) is 11.0 Å². The summed E-state index contributed by atoms with van der Waals surface area (Å²) in [6, 6.07) is 9.14. The van der Waals surface area contributed by atoms with E-state index >= 15 is 0 Å². The first-order valence-corrected chi connectivity index (χ1v) is 9.56. The third-order valence-corrected chi connectivity index (χ3v) is 5.52. The Hall–Kier alpha value is -3.54. The maximum Gasteiger partial charge on any atom is 0.417 e. The van der Waals surface area contributed by atoms with Gasteiger partial charge in [-0.3, -0.25) is 9.59 Å². The van der Waals surface area contributed by atoms with Crippen molar-refractivity contribution in [1.29, 1.82) is 5.26 Å². The number of benzene rings is 2. The minimum atomic E-state index is -4.69. The van der Waals surface area contributed by atoms with Crippen LogP contribution in [0.2, 0.25) is 0 Å². The average Bonchev–Trinajstić information content (AvgIpc) is 2.73. The van der Waals surface area contributed by atoms with E-state index < -0.39 is 29.3 Å². The van der Waals surface area contributed by atoms with Crippen LogP contribution in [0.4, 0.5) is 18.9 Å². The van der Waals surface area contributed by atoms with Gasteiger partial charge >= 0.3 is 6.18 Å². The van der Waals surface area contributed by atoms with E-state index in [1.807, 2.05) is 19.9 Å². The summed E-state index contributed by atoms with van der Waals surface area (Å²) < 4.78 is 39.9. The van der Waals surface area contributed by atoms with Gasteiger partial charge in [-0.25, -0.2) is 0 Å². The number of carbonyl (C=O) groups excluding carboxylic acids is 2. The van der Waals surface area contributed by atoms with Gasteiger partial charge < -0.3 is 15.5 Å². The number of alkyl halides is 3. The molecule has 1 aliphatic heterocycles. The molecule has 2 amide bonds. The number of hydrogen-bond acceptors (Lipinski definition) is 4. The van der Waals surface area contributed by atoms with Gasteiger partial charge in [-0.2, -0.15) is 18.4 Å². The Morgan fingerprint density at radius 3 is 2.39 bits per heavy atom. The second-order valence-corrected chi connectivity index (χ2v) is 7.50. The van der Waals surface area contributed by atoms with Gasteiger partial charge in [0.1, 0.15) is 6.04 Å². The molecule has 162 valence electrons. The number of nitriles is 1. The average molecular weight is 430 g/mol. The quantitative estimate of drug-likeness (QED) is 0.811. The molecule has 0 radical (unpaired) electrons. The van der Waals surface area contributed by atoms with Gasteiger partial charge in [0.25, 0.3) is 5.91 Å². The summed E-state index contributed by atoms with van der Waals surface area (Å²) in [5.74, 6) is -1.10. The highest BCUT2D eigenvalue weighted by Crippen LogP contribution is 2.35. The van der Waals surface area contributed by atoms with Crippen LogP contribution in [0, 0.1) is 25.2 Å². The molecule has 1 heterocycles. The van der Waals surface area contributed by atoms with Crippen molar-refractivity contribution < 1.29 is 22.8 Å². The maximum absolute atomic E-state index is 13.3. The summed E-state index contributed by atoms with van der Waals surface area (Å²) in [5.41, 5.74) is 6.58.